The fourth-order valence-corrected chi connectivity index (χ4v) is 3.96. The largest absolute Gasteiger partial charge is 0.487 e. The molecular weight excluding hydrogens is 492 g/mol. The smallest absolute Gasteiger partial charge is 0.309 e. The van der Waals surface area contributed by atoms with E-state index < -0.39 is 11.4 Å². The molecule has 0 bridgehead atoms. The van der Waals surface area contributed by atoms with Gasteiger partial charge in [-0.2, -0.15) is 0 Å². The summed E-state index contributed by atoms with van der Waals surface area (Å²) < 4.78 is 11.7. The van der Waals surface area contributed by atoms with E-state index in [-0.39, 0.29) is 0 Å². The number of carbonyl (C=O) groups is 1. The van der Waals surface area contributed by atoms with E-state index in [1.165, 1.54) is 0 Å². The molecule has 0 radical (unpaired) electrons. The SMILES string of the molecule is Cc1oc(-c2ccccc2)nc1COc1ccc(CO/N=C(/CCCC(C)(C)C(=O)O)c2ccccc2)cc1. The van der Waals surface area contributed by atoms with Gasteiger partial charge in [-0.1, -0.05) is 65.8 Å². The molecule has 0 spiro atoms. The van der Waals surface area contributed by atoms with Crippen LogP contribution in [0.2, 0.25) is 0 Å². The van der Waals surface area contributed by atoms with Crippen LogP contribution in [0.15, 0.2) is 94.5 Å². The Kier molecular flexibility index (Phi) is 9.15. The lowest BCUT2D eigenvalue weighted by atomic mass is 9.86. The van der Waals surface area contributed by atoms with E-state index in [0.29, 0.717) is 38.4 Å². The van der Waals surface area contributed by atoms with Crippen molar-refractivity contribution in [1.82, 2.24) is 4.98 Å². The Morgan fingerprint density at radius 3 is 2.28 bits per heavy atom. The van der Waals surface area contributed by atoms with Crippen LogP contribution in [0.5, 0.6) is 5.75 Å². The average molecular weight is 527 g/mol. The van der Waals surface area contributed by atoms with Crippen LogP contribution in [0.25, 0.3) is 11.5 Å². The number of ether oxygens (including phenoxy) is 1. The van der Waals surface area contributed by atoms with Gasteiger partial charge in [-0.3, -0.25) is 4.79 Å². The second kappa shape index (κ2) is 12.9. The molecule has 7 nitrogen and oxygen atoms in total. The second-order valence-electron chi connectivity index (χ2n) is 10.0. The van der Waals surface area contributed by atoms with Gasteiger partial charge in [0.1, 0.15) is 30.4 Å². The standard InChI is InChI=1S/C32H34N2O5/c1-23-29(33-30(39-23)26-13-8-5-9-14-26)22-37-27-18-16-24(17-19-27)21-38-34-28(25-11-6-4-7-12-25)15-10-20-32(2,3)31(35)36/h4-9,11-14,16-19H,10,15,20-22H2,1-3H3,(H,35,36)/b34-28-. The minimum atomic E-state index is -0.794. The lowest BCUT2D eigenvalue weighted by Crippen LogP contribution is -2.23. The maximum atomic E-state index is 11.4. The first-order valence-electron chi connectivity index (χ1n) is 13.0. The Morgan fingerprint density at radius 1 is 0.949 bits per heavy atom. The molecule has 3 aromatic carbocycles. The normalized spacial score (nSPS) is 11.8. The number of carboxylic acid groups (broad SMARTS) is 1. The Labute approximate surface area is 229 Å². The summed E-state index contributed by atoms with van der Waals surface area (Å²) in [5.41, 5.74) is 3.63. The van der Waals surface area contributed by atoms with E-state index in [9.17, 15) is 9.90 Å². The maximum absolute atomic E-state index is 11.4. The first kappa shape index (κ1) is 27.6. The third kappa shape index (κ3) is 7.80. The number of aliphatic carboxylic acids is 1. The van der Waals surface area contributed by atoms with Crippen LogP contribution in [0.1, 0.15) is 55.7 Å². The van der Waals surface area contributed by atoms with Gasteiger partial charge >= 0.3 is 5.97 Å². The molecule has 1 N–H and O–H groups in total. The molecule has 0 fully saturated rings. The number of aromatic nitrogens is 1. The molecule has 7 heteroatoms. The minimum Gasteiger partial charge on any atom is -0.487 e. The quantitative estimate of drug-likeness (QED) is 0.144. The summed E-state index contributed by atoms with van der Waals surface area (Å²) in [5, 5.41) is 13.8. The molecule has 0 saturated carbocycles. The molecule has 202 valence electrons. The molecule has 1 heterocycles. The van der Waals surface area contributed by atoms with Crippen molar-refractivity contribution in [2.24, 2.45) is 10.6 Å². The number of carboxylic acids is 1. The molecule has 39 heavy (non-hydrogen) atoms. The van der Waals surface area contributed by atoms with Crippen molar-refractivity contribution in [2.45, 2.75) is 53.2 Å². The molecule has 0 aliphatic rings. The van der Waals surface area contributed by atoms with Gasteiger partial charge in [-0.15, -0.1) is 0 Å². The van der Waals surface area contributed by atoms with Crippen molar-refractivity contribution < 1.29 is 23.9 Å². The zero-order valence-electron chi connectivity index (χ0n) is 22.6. The number of benzene rings is 3. The van der Waals surface area contributed by atoms with Gasteiger partial charge in [0.25, 0.3) is 0 Å². The van der Waals surface area contributed by atoms with Crippen molar-refractivity contribution in [3.8, 4) is 17.2 Å². The van der Waals surface area contributed by atoms with Crippen LogP contribution >= 0.6 is 0 Å². The van der Waals surface area contributed by atoms with E-state index in [1.54, 1.807) is 13.8 Å². The van der Waals surface area contributed by atoms with E-state index in [0.717, 1.165) is 39.6 Å². The highest BCUT2D eigenvalue weighted by atomic mass is 16.6. The van der Waals surface area contributed by atoms with Gasteiger partial charge in [-0.25, -0.2) is 4.98 Å². The molecule has 0 aliphatic heterocycles. The lowest BCUT2D eigenvalue weighted by Gasteiger charge is -2.18. The van der Waals surface area contributed by atoms with Crippen molar-refractivity contribution in [3.05, 3.63) is 108 Å². The second-order valence-corrected chi connectivity index (χ2v) is 10.0. The highest BCUT2D eigenvalue weighted by molar-refractivity contribution is 6.00. The molecule has 0 aliphatic carbocycles. The van der Waals surface area contributed by atoms with E-state index in [1.807, 2.05) is 91.9 Å². The molecule has 0 amide bonds. The first-order chi connectivity index (χ1) is 18.8. The maximum Gasteiger partial charge on any atom is 0.309 e. The van der Waals surface area contributed by atoms with Crippen LogP contribution in [-0.4, -0.2) is 21.8 Å². The third-order valence-corrected chi connectivity index (χ3v) is 6.52. The predicted octanol–water partition coefficient (Wildman–Crippen LogP) is 7.43. The number of nitrogens with zero attached hydrogens (tertiary/aromatic N) is 2. The fraction of sp³-hybridized carbons (Fsp3) is 0.281. The Morgan fingerprint density at radius 2 is 1.62 bits per heavy atom. The van der Waals surface area contributed by atoms with Crippen LogP contribution in [0.3, 0.4) is 0 Å². The summed E-state index contributed by atoms with van der Waals surface area (Å²) in [6, 6.07) is 27.3. The van der Waals surface area contributed by atoms with Gasteiger partial charge in [0, 0.05) is 5.56 Å². The molecule has 0 unspecified atom stereocenters. The van der Waals surface area contributed by atoms with Gasteiger partial charge in [0.2, 0.25) is 5.89 Å². The van der Waals surface area contributed by atoms with Crippen molar-refractivity contribution >= 4 is 11.7 Å². The number of oxazole rings is 1. The van der Waals surface area contributed by atoms with Gasteiger partial charge in [0.15, 0.2) is 0 Å². The Balaban J connectivity index is 1.32. The van der Waals surface area contributed by atoms with Gasteiger partial charge in [0.05, 0.1) is 11.1 Å². The lowest BCUT2D eigenvalue weighted by molar-refractivity contribution is -0.147. The highest BCUT2D eigenvalue weighted by Crippen LogP contribution is 2.25. The van der Waals surface area contributed by atoms with Crippen molar-refractivity contribution in [2.75, 3.05) is 0 Å². The number of oxime groups is 1. The predicted molar refractivity (Wildman–Crippen MR) is 150 cm³/mol. The zero-order valence-corrected chi connectivity index (χ0v) is 22.6. The molecule has 1 aromatic heterocycles. The van der Waals surface area contributed by atoms with E-state index >= 15 is 0 Å². The number of hydrogen-bond acceptors (Lipinski definition) is 6. The summed E-state index contributed by atoms with van der Waals surface area (Å²) >= 11 is 0. The highest BCUT2D eigenvalue weighted by Gasteiger charge is 2.26. The number of aryl methyl sites for hydroxylation is 1. The topological polar surface area (TPSA) is 94.2 Å². The minimum absolute atomic E-state index is 0.306. The first-order valence-corrected chi connectivity index (χ1v) is 13.0. The monoisotopic (exact) mass is 526 g/mol. The van der Waals surface area contributed by atoms with Crippen LogP contribution < -0.4 is 4.74 Å². The molecular formula is C32H34N2O5. The van der Waals surface area contributed by atoms with Gasteiger partial charge < -0.3 is 19.1 Å². The summed E-state index contributed by atoms with van der Waals surface area (Å²) in [4.78, 5) is 21.7. The third-order valence-electron chi connectivity index (χ3n) is 6.52. The summed E-state index contributed by atoms with van der Waals surface area (Å²) in [5.74, 6) is 1.24. The number of rotatable bonds is 13. The summed E-state index contributed by atoms with van der Waals surface area (Å²) in [6.07, 6.45) is 1.87. The summed E-state index contributed by atoms with van der Waals surface area (Å²) in [7, 11) is 0. The van der Waals surface area contributed by atoms with E-state index in [2.05, 4.69) is 10.1 Å². The van der Waals surface area contributed by atoms with Gasteiger partial charge in [-0.05, 0) is 75.4 Å². The van der Waals surface area contributed by atoms with E-state index in [4.69, 9.17) is 14.0 Å². The Hall–Kier alpha value is -4.39. The average Bonchev–Trinajstić information content (AvgIpc) is 3.33. The molecule has 0 atom stereocenters. The Bertz CT molecular complexity index is 1380. The van der Waals surface area contributed by atoms with Crippen molar-refractivity contribution in [1.29, 1.82) is 0 Å². The molecule has 4 rings (SSSR count). The summed E-state index contributed by atoms with van der Waals surface area (Å²) in [6.45, 7) is 5.98. The van der Waals surface area contributed by atoms with Crippen molar-refractivity contribution in [3.63, 3.8) is 0 Å². The zero-order chi connectivity index (χ0) is 27.7. The van der Waals surface area contributed by atoms with Crippen LogP contribution in [0, 0.1) is 12.3 Å². The molecule has 0 saturated heterocycles. The molecule has 4 aromatic rings. The fourth-order valence-electron chi connectivity index (χ4n) is 3.96. The number of hydrogen-bond donors (Lipinski definition) is 1. The van der Waals surface area contributed by atoms with Crippen LogP contribution in [0.4, 0.5) is 0 Å². The van der Waals surface area contributed by atoms with Crippen LogP contribution in [-0.2, 0) is 22.8 Å².